The summed E-state index contributed by atoms with van der Waals surface area (Å²) in [6.45, 7) is 5.02. The molecule has 0 N–H and O–H groups in total. The van der Waals surface area contributed by atoms with Gasteiger partial charge in [0.25, 0.3) is 6.02 Å². The van der Waals surface area contributed by atoms with Crippen LogP contribution in [0.5, 0.6) is 0 Å². The average molecular weight is 438 g/mol. The summed E-state index contributed by atoms with van der Waals surface area (Å²) in [6, 6.07) is 16.7. The number of amidine groups is 1. The van der Waals surface area contributed by atoms with Crippen LogP contribution in [0.1, 0.15) is 18.4 Å². The predicted octanol–water partition coefficient (Wildman–Crippen LogP) is 4.42. The maximum Gasteiger partial charge on any atom is 0.296 e. The number of hydrogen-bond acceptors (Lipinski definition) is 4. The van der Waals surface area contributed by atoms with Crippen LogP contribution in [-0.2, 0) is 11.2 Å². The van der Waals surface area contributed by atoms with Gasteiger partial charge in [0.2, 0.25) is 0 Å². The Kier molecular flexibility index (Phi) is 3.49. The summed E-state index contributed by atoms with van der Waals surface area (Å²) in [6.07, 6.45) is 3.40. The van der Waals surface area contributed by atoms with Crippen LogP contribution in [0.3, 0.4) is 0 Å². The van der Waals surface area contributed by atoms with Crippen LogP contribution in [0.15, 0.2) is 74.1 Å². The van der Waals surface area contributed by atoms with E-state index in [0.717, 1.165) is 32.1 Å². The van der Waals surface area contributed by atoms with Crippen molar-refractivity contribution >= 4 is 15.4 Å². The van der Waals surface area contributed by atoms with Gasteiger partial charge in [-0.25, -0.2) is 9.38 Å². The van der Waals surface area contributed by atoms with E-state index in [4.69, 9.17) is 9.73 Å². The lowest BCUT2D eigenvalue weighted by atomic mass is 9.75. The molecule has 8 rings (SSSR count). The zero-order valence-electron chi connectivity index (χ0n) is 17.6. The van der Waals surface area contributed by atoms with Crippen molar-refractivity contribution in [2.75, 3.05) is 32.7 Å². The first-order valence-corrected chi connectivity index (χ1v) is 13.8. The number of nitrogens with zero attached hydrogens (tertiary/aromatic N) is 3. The molecule has 0 saturated carbocycles. The highest BCUT2D eigenvalue weighted by Crippen LogP contribution is 2.95. The molecule has 0 radical (unpaired) electrons. The second-order valence-corrected chi connectivity index (χ2v) is 14.3. The minimum atomic E-state index is -2.87. The molecule has 4 nitrogen and oxygen atoms in total. The van der Waals surface area contributed by atoms with Crippen LogP contribution in [0.2, 0.25) is 0 Å². The Bertz CT molecular complexity index is 1130. The highest BCUT2D eigenvalue weighted by Gasteiger charge is 2.60. The lowest BCUT2D eigenvalue weighted by molar-refractivity contribution is -0.0866. The zero-order valence-corrected chi connectivity index (χ0v) is 18.5. The summed E-state index contributed by atoms with van der Waals surface area (Å²) in [7, 11) is -2.87. The third-order valence-electron chi connectivity index (χ3n) is 8.38. The third-order valence-corrected chi connectivity index (χ3v) is 13.8. The lowest BCUT2D eigenvalue weighted by Crippen LogP contribution is -2.61. The molecule has 1 atom stereocenters. The molecule has 0 amide bonds. The second-order valence-electron chi connectivity index (χ2n) is 9.80. The number of hydrogen-bond donors (Lipinski definition) is 1. The Morgan fingerprint density at radius 2 is 1.77 bits per heavy atom. The minimum Gasteiger partial charge on any atom is -0.454 e. The predicted molar refractivity (Wildman–Crippen MR) is 123 cm³/mol. The number of ether oxygens (including phenoxy) is 1. The number of rotatable bonds is 1. The molecule has 0 aromatic heterocycles. The number of benzene rings is 2. The fourth-order valence-corrected chi connectivity index (χ4v) is 12.2. The van der Waals surface area contributed by atoms with Crippen molar-refractivity contribution < 1.29 is 9.13 Å². The van der Waals surface area contributed by atoms with Crippen molar-refractivity contribution in [1.29, 1.82) is 0 Å². The van der Waals surface area contributed by atoms with Gasteiger partial charge in [0.15, 0.2) is 0 Å². The van der Waals surface area contributed by atoms with Crippen molar-refractivity contribution in [2.45, 2.75) is 34.7 Å². The van der Waals surface area contributed by atoms with Crippen LogP contribution in [0, 0.1) is 11.7 Å². The highest BCUT2D eigenvalue weighted by atomic mass is 32.3. The van der Waals surface area contributed by atoms with Gasteiger partial charge >= 0.3 is 0 Å². The van der Waals surface area contributed by atoms with Crippen molar-refractivity contribution in [3.63, 3.8) is 0 Å². The number of thiol groups is 1. The van der Waals surface area contributed by atoms with Gasteiger partial charge < -0.3 is 4.74 Å². The van der Waals surface area contributed by atoms with Gasteiger partial charge in [-0.3, -0.25) is 9.21 Å². The Hall–Kier alpha value is -2.31. The van der Waals surface area contributed by atoms with E-state index in [-0.39, 0.29) is 11.4 Å². The second kappa shape index (κ2) is 5.93. The van der Waals surface area contributed by atoms with E-state index < -0.39 is 9.35 Å². The molecule has 2 aromatic carbocycles. The van der Waals surface area contributed by atoms with E-state index in [1.807, 2.05) is 12.1 Å². The Balaban J connectivity index is 1.34. The van der Waals surface area contributed by atoms with Gasteiger partial charge in [-0.2, -0.15) is 9.35 Å². The maximum absolute atomic E-state index is 13.9. The fourth-order valence-electron chi connectivity index (χ4n) is 6.66. The smallest absolute Gasteiger partial charge is 0.296 e. The molecule has 3 fully saturated rings. The quantitative estimate of drug-likeness (QED) is 0.670. The van der Waals surface area contributed by atoms with Crippen molar-refractivity contribution in [3.05, 3.63) is 70.7 Å². The van der Waals surface area contributed by atoms with Crippen LogP contribution in [0.4, 0.5) is 4.39 Å². The normalized spacial score (nSPS) is 34.7. The summed E-state index contributed by atoms with van der Waals surface area (Å²) in [5.41, 5.74) is 1.23. The summed E-state index contributed by atoms with van der Waals surface area (Å²) in [5, 5.41) is 4.76. The average Bonchev–Trinajstić information content (AvgIpc) is 3.44. The van der Waals surface area contributed by atoms with Crippen LogP contribution < -0.4 is 0 Å². The van der Waals surface area contributed by atoms with E-state index in [0.29, 0.717) is 5.92 Å². The molecule has 0 unspecified atom stereocenters. The third kappa shape index (κ3) is 2.22. The molecule has 2 aromatic rings. The van der Waals surface area contributed by atoms with Gasteiger partial charge in [0, 0.05) is 23.9 Å². The molecular formula is C25H28FN3OS. The van der Waals surface area contributed by atoms with Gasteiger partial charge in [-0.1, -0.05) is 18.2 Å². The first kappa shape index (κ1) is 18.3. The standard InChI is InChI=1S/C25H28FN3OS/c26-21-5-7-22(8-6-21)31(15-16-31)23-4-2-1-3-19(23)9-14-29(31)24-27-17-25(30-24)18-28-12-10-20(25)11-13-28/h1-8,15-16,20,31H,9-14,17-18H2/t25-/m1/s1. The number of halogens is 1. The number of piperidine rings is 3. The summed E-state index contributed by atoms with van der Waals surface area (Å²) in [4.78, 5) is 10.2. The first-order valence-electron chi connectivity index (χ1n) is 11.4. The van der Waals surface area contributed by atoms with Crippen molar-refractivity contribution in [2.24, 2.45) is 10.9 Å². The fraction of sp³-hybridized carbons (Fsp3) is 0.400. The number of fused-ring (bicyclic) bond motifs is 4. The largest absolute Gasteiger partial charge is 0.454 e. The van der Waals surface area contributed by atoms with Crippen LogP contribution in [0.25, 0.3) is 0 Å². The van der Waals surface area contributed by atoms with E-state index in [1.165, 1.54) is 41.3 Å². The summed E-state index contributed by atoms with van der Waals surface area (Å²) in [5.74, 6) is 0.404. The topological polar surface area (TPSA) is 28.1 Å². The van der Waals surface area contributed by atoms with E-state index in [2.05, 4.69) is 44.3 Å². The molecule has 6 heterocycles. The SMILES string of the molecule is Fc1ccc([SH]23(C=C2)c2ccccc2CCN3C2=NC[C@]3(CN4CCC3CC4)O2)cc1. The molecule has 3 saturated heterocycles. The summed E-state index contributed by atoms with van der Waals surface area (Å²) < 4.78 is 23.2. The van der Waals surface area contributed by atoms with Crippen LogP contribution in [-0.4, -0.2) is 53.6 Å². The first-order chi connectivity index (χ1) is 15.1. The van der Waals surface area contributed by atoms with E-state index in [9.17, 15) is 4.39 Å². The molecule has 2 bridgehead atoms. The molecule has 6 aliphatic heterocycles. The molecule has 2 spiro atoms. The molecular weight excluding hydrogens is 409 g/mol. The van der Waals surface area contributed by atoms with Gasteiger partial charge in [-0.15, -0.1) is 0 Å². The Labute approximate surface area is 182 Å². The van der Waals surface area contributed by atoms with Crippen molar-refractivity contribution in [3.8, 4) is 0 Å². The van der Waals surface area contributed by atoms with E-state index >= 15 is 0 Å². The Morgan fingerprint density at radius 1 is 1.00 bits per heavy atom. The zero-order chi connectivity index (χ0) is 20.7. The van der Waals surface area contributed by atoms with Gasteiger partial charge in [-0.05, 0) is 84.0 Å². The van der Waals surface area contributed by atoms with Gasteiger partial charge in [0.1, 0.15) is 11.4 Å². The summed E-state index contributed by atoms with van der Waals surface area (Å²) >= 11 is 0. The molecule has 162 valence electrons. The van der Waals surface area contributed by atoms with Crippen molar-refractivity contribution in [1.82, 2.24) is 9.21 Å². The highest BCUT2D eigenvalue weighted by molar-refractivity contribution is 8.57. The maximum atomic E-state index is 13.9. The molecule has 6 aliphatic rings. The molecule has 31 heavy (non-hydrogen) atoms. The molecule has 6 heteroatoms. The minimum absolute atomic E-state index is 0.157. The molecule has 0 aliphatic carbocycles. The van der Waals surface area contributed by atoms with E-state index in [1.54, 1.807) is 12.1 Å². The lowest BCUT2D eigenvalue weighted by Gasteiger charge is -2.60. The van der Waals surface area contributed by atoms with Gasteiger partial charge in [0.05, 0.1) is 6.54 Å². The number of aliphatic imine (C=N–C) groups is 1. The monoisotopic (exact) mass is 437 g/mol. The van der Waals surface area contributed by atoms with Crippen LogP contribution >= 0.6 is 9.35 Å². The Morgan fingerprint density at radius 3 is 2.48 bits per heavy atom.